The van der Waals surface area contributed by atoms with Crippen LogP contribution < -0.4 is 4.72 Å². The van der Waals surface area contributed by atoms with Gasteiger partial charge in [0, 0.05) is 31.3 Å². The molecular formula is C34H34N4O5S2. The maximum absolute atomic E-state index is 12.8. The molecule has 3 atom stereocenters. The van der Waals surface area contributed by atoms with Gasteiger partial charge in [-0.25, -0.2) is 13.1 Å². The van der Waals surface area contributed by atoms with E-state index in [0.29, 0.717) is 12.2 Å². The molecule has 2 N–H and O–H groups in total. The lowest BCUT2D eigenvalue weighted by Crippen LogP contribution is -2.31. The van der Waals surface area contributed by atoms with E-state index in [4.69, 9.17) is 9.47 Å². The average molecular weight is 643 g/mol. The average Bonchev–Trinajstić information content (AvgIpc) is 3.51. The highest BCUT2D eigenvalue weighted by Crippen LogP contribution is 2.40. The van der Waals surface area contributed by atoms with Crippen molar-refractivity contribution in [2.75, 3.05) is 5.75 Å². The van der Waals surface area contributed by atoms with Gasteiger partial charge in [0.25, 0.3) is 0 Å². The molecule has 0 bridgehead atoms. The van der Waals surface area contributed by atoms with Gasteiger partial charge < -0.3 is 19.1 Å². The van der Waals surface area contributed by atoms with E-state index in [-0.39, 0.29) is 30.3 Å². The third-order valence-corrected chi connectivity index (χ3v) is 10.3. The third-order valence-electron chi connectivity index (χ3n) is 7.70. The molecule has 1 fully saturated rings. The Morgan fingerprint density at radius 3 is 2.33 bits per heavy atom. The Kier molecular flexibility index (Phi) is 9.74. The summed E-state index contributed by atoms with van der Waals surface area (Å²) in [4.78, 5) is 0.232. The second-order valence-corrected chi connectivity index (χ2v) is 13.6. The molecule has 5 aromatic rings. The third kappa shape index (κ3) is 7.52. The lowest BCUT2D eigenvalue weighted by molar-refractivity contribution is -0.245. The molecular weight excluding hydrogens is 609 g/mol. The second-order valence-electron chi connectivity index (χ2n) is 10.8. The Morgan fingerprint density at radius 1 is 0.911 bits per heavy atom. The Bertz CT molecular complexity index is 1810. The van der Waals surface area contributed by atoms with E-state index in [0.717, 1.165) is 38.5 Å². The number of ether oxygens (including phenoxy) is 2. The van der Waals surface area contributed by atoms with Crippen LogP contribution in [0.1, 0.15) is 41.1 Å². The van der Waals surface area contributed by atoms with Crippen LogP contribution in [0.15, 0.2) is 120 Å². The van der Waals surface area contributed by atoms with Crippen LogP contribution in [-0.4, -0.2) is 40.1 Å². The van der Waals surface area contributed by atoms with E-state index in [2.05, 4.69) is 14.9 Å². The van der Waals surface area contributed by atoms with Gasteiger partial charge in [-0.15, -0.1) is 10.2 Å². The summed E-state index contributed by atoms with van der Waals surface area (Å²) in [6.07, 6.45) is 1.46. The predicted octanol–water partition coefficient (Wildman–Crippen LogP) is 5.79. The molecule has 0 radical (unpaired) electrons. The molecule has 1 aliphatic rings. The van der Waals surface area contributed by atoms with Gasteiger partial charge in [-0.3, -0.25) is 0 Å². The predicted molar refractivity (Wildman–Crippen MR) is 172 cm³/mol. The lowest BCUT2D eigenvalue weighted by atomic mass is 9.98. The maximum atomic E-state index is 12.8. The highest BCUT2D eigenvalue weighted by Gasteiger charge is 2.32. The van der Waals surface area contributed by atoms with Crippen molar-refractivity contribution in [3.63, 3.8) is 0 Å². The maximum Gasteiger partial charge on any atom is 0.240 e. The molecule has 0 amide bonds. The molecule has 45 heavy (non-hydrogen) atoms. The zero-order valence-corrected chi connectivity index (χ0v) is 26.3. The smallest absolute Gasteiger partial charge is 0.240 e. The van der Waals surface area contributed by atoms with Crippen molar-refractivity contribution in [2.45, 2.75) is 48.1 Å². The van der Waals surface area contributed by atoms with Crippen molar-refractivity contribution in [1.29, 1.82) is 0 Å². The van der Waals surface area contributed by atoms with Crippen molar-refractivity contribution in [3.05, 3.63) is 132 Å². The fourth-order valence-electron chi connectivity index (χ4n) is 5.23. The van der Waals surface area contributed by atoms with Crippen molar-refractivity contribution in [3.8, 4) is 11.1 Å². The molecule has 3 unspecified atom stereocenters. The van der Waals surface area contributed by atoms with Crippen LogP contribution >= 0.6 is 11.8 Å². The van der Waals surface area contributed by atoms with Gasteiger partial charge in [-0.05, 0) is 39.9 Å². The van der Waals surface area contributed by atoms with Crippen LogP contribution in [-0.2, 0) is 39.7 Å². The van der Waals surface area contributed by atoms with E-state index in [1.807, 2.05) is 84.4 Å². The summed E-state index contributed by atoms with van der Waals surface area (Å²) in [6.45, 7) is 0.147. The van der Waals surface area contributed by atoms with E-state index in [1.165, 1.54) is 0 Å². The number of aliphatic hydroxyl groups excluding tert-OH is 1. The first kappa shape index (κ1) is 31.2. The number of hydrogen-bond donors (Lipinski definition) is 2. The molecule has 11 heteroatoms. The first-order valence-corrected chi connectivity index (χ1v) is 17.1. The summed E-state index contributed by atoms with van der Waals surface area (Å²) in [5.74, 6) is 0.683. The SMILES string of the molecule is Cn1cnnc1SCC1CC(c2ccc(CO)cc2)OC(c2ccc(-c3ccccc3CNS(=O)(=O)c3ccccc3)cc2)O1. The summed E-state index contributed by atoms with van der Waals surface area (Å²) < 4.78 is 43.3. The number of rotatable bonds is 11. The Hall–Kier alpha value is -3.84. The van der Waals surface area contributed by atoms with Gasteiger partial charge in [-0.1, -0.05) is 103 Å². The van der Waals surface area contributed by atoms with E-state index in [1.54, 1.807) is 48.4 Å². The quantitative estimate of drug-likeness (QED) is 0.174. The fraction of sp³-hybridized carbons (Fsp3) is 0.235. The Labute approximate surface area is 267 Å². The minimum Gasteiger partial charge on any atom is -0.392 e. The van der Waals surface area contributed by atoms with Crippen LogP contribution in [0.2, 0.25) is 0 Å². The number of nitrogens with zero attached hydrogens (tertiary/aromatic N) is 3. The first-order valence-electron chi connectivity index (χ1n) is 14.6. The molecule has 6 rings (SSSR count). The van der Waals surface area contributed by atoms with Crippen LogP contribution in [0.3, 0.4) is 0 Å². The lowest BCUT2D eigenvalue weighted by Gasteiger charge is -2.36. The zero-order valence-electron chi connectivity index (χ0n) is 24.7. The van der Waals surface area contributed by atoms with Gasteiger partial charge in [0.1, 0.15) is 6.33 Å². The molecule has 0 aliphatic carbocycles. The number of hydrogen-bond acceptors (Lipinski definition) is 8. The Balaban J connectivity index is 1.20. The van der Waals surface area contributed by atoms with Gasteiger partial charge >= 0.3 is 0 Å². The summed E-state index contributed by atoms with van der Waals surface area (Å²) >= 11 is 1.59. The number of aromatic nitrogens is 3. The highest BCUT2D eigenvalue weighted by atomic mass is 32.2. The summed E-state index contributed by atoms with van der Waals surface area (Å²) in [6, 6.07) is 32.0. The van der Waals surface area contributed by atoms with Gasteiger partial charge in [0.05, 0.1) is 23.7 Å². The van der Waals surface area contributed by atoms with Crippen LogP contribution in [0.5, 0.6) is 0 Å². The van der Waals surface area contributed by atoms with Crippen LogP contribution in [0, 0.1) is 0 Å². The van der Waals surface area contributed by atoms with Crippen molar-refractivity contribution in [1.82, 2.24) is 19.5 Å². The van der Waals surface area contributed by atoms with Crippen molar-refractivity contribution < 1.29 is 23.0 Å². The van der Waals surface area contributed by atoms with Crippen molar-refractivity contribution in [2.24, 2.45) is 7.05 Å². The van der Waals surface area contributed by atoms with Crippen LogP contribution in [0.25, 0.3) is 11.1 Å². The molecule has 0 spiro atoms. The normalized spacial score (nSPS) is 18.6. The zero-order chi connectivity index (χ0) is 31.2. The number of sulfonamides is 1. The van der Waals surface area contributed by atoms with Gasteiger partial charge in [-0.2, -0.15) is 0 Å². The van der Waals surface area contributed by atoms with E-state index in [9.17, 15) is 13.5 Å². The number of aliphatic hydroxyl groups is 1. The number of aryl methyl sites for hydroxylation is 1. The highest BCUT2D eigenvalue weighted by molar-refractivity contribution is 7.99. The largest absolute Gasteiger partial charge is 0.392 e. The summed E-state index contributed by atoms with van der Waals surface area (Å²) in [5, 5.41) is 18.5. The molecule has 2 heterocycles. The van der Waals surface area contributed by atoms with Gasteiger partial charge in [0.2, 0.25) is 10.0 Å². The minimum atomic E-state index is -3.64. The monoisotopic (exact) mass is 642 g/mol. The first-order chi connectivity index (χ1) is 21.9. The number of thioether (sulfide) groups is 1. The number of nitrogens with one attached hydrogen (secondary N) is 1. The van der Waals surface area contributed by atoms with E-state index >= 15 is 0 Å². The molecule has 9 nitrogen and oxygen atoms in total. The van der Waals surface area contributed by atoms with Gasteiger partial charge in [0.15, 0.2) is 11.4 Å². The standard InChI is InChI=1S/C34H34N4O5S2/c1-38-23-35-37-34(38)44-22-29-19-32(26-13-11-24(21-39)12-14-26)43-33(42-29)27-17-15-25(16-18-27)31-10-6-5-7-28(31)20-36-45(40,41)30-8-3-2-4-9-30/h2-18,23,29,32-33,36,39H,19-22H2,1H3. The molecule has 0 saturated carbocycles. The molecule has 232 valence electrons. The Morgan fingerprint density at radius 2 is 1.62 bits per heavy atom. The summed E-state index contributed by atoms with van der Waals surface area (Å²) in [5.41, 5.74) is 5.51. The summed E-state index contributed by atoms with van der Waals surface area (Å²) in [7, 11) is -1.73. The molecule has 1 aromatic heterocycles. The minimum absolute atomic E-state index is 0.0110. The fourth-order valence-corrected chi connectivity index (χ4v) is 7.16. The molecule has 1 saturated heterocycles. The molecule has 1 aliphatic heterocycles. The number of benzene rings is 4. The van der Waals surface area contributed by atoms with Crippen molar-refractivity contribution >= 4 is 21.8 Å². The molecule has 4 aromatic carbocycles. The van der Waals surface area contributed by atoms with Crippen LogP contribution in [0.4, 0.5) is 0 Å². The topological polar surface area (TPSA) is 116 Å². The second kappa shape index (κ2) is 14.1. The van der Waals surface area contributed by atoms with E-state index < -0.39 is 16.3 Å².